The van der Waals surface area contributed by atoms with Crippen LogP contribution in [0.15, 0.2) is 62.9 Å². The highest BCUT2D eigenvalue weighted by Crippen LogP contribution is 2.38. The monoisotopic (exact) mass is 364 g/mol. The second kappa shape index (κ2) is 5.64. The molecule has 0 radical (unpaired) electrons. The van der Waals surface area contributed by atoms with Gasteiger partial charge in [-0.15, -0.1) is 0 Å². The van der Waals surface area contributed by atoms with Crippen LogP contribution in [0, 0.1) is 0 Å². The van der Waals surface area contributed by atoms with E-state index >= 15 is 0 Å². The molecule has 0 spiro atoms. The second-order valence-electron chi connectivity index (χ2n) is 4.24. The highest BCUT2D eigenvalue weighted by Gasteiger charge is 2.09. The van der Waals surface area contributed by atoms with E-state index in [1.807, 2.05) is 42.5 Å². The first-order valence-corrected chi connectivity index (χ1v) is 7.90. The summed E-state index contributed by atoms with van der Waals surface area (Å²) in [6.07, 6.45) is 1.78. The molecule has 0 aliphatic heterocycles. The van der Waals surface area contributed by atoms with E-state index < -0.39 is 0 Å². The van der Waals surface area contributed by atoms with Crippen LogP contribution in [0.5, 0.6) is 0 Å². The van der Waals surface area contributed by atoms with Crippen LogP contribution in [0.2, 0.25) is 5.02 Å². The van der Waals surface area contributed by atoms with Crippen LogP contribution in [0.3, 0.4) is 0 Å². The first-order chi connectivity index (χ1) is 9.65. The number of hydrogen-bond acceptors (Lipinski definition) is 3. The van der Waals surface area contributed by atoms with Crippen molar-refractivity contribution in [3.63, 3.8) is 0 Å². The zero-order valence-electron chi connectivity index (χ0n) is 10.3. The summed E-state index contributed by atoms with van der Waals surface area (Å²) in [6, 6.07) is 13.6. The molecule has 0 bridgehead atoms. The lowest BCUT2D eigenvalue weighted by atomic mass is 10.2. The van der Waals surface area contributed by atoms with E-state index in [0.717, 1.165) is 35.9 Å². The molecular weight excluding hydrogens is 356 g/mol. The molecule has 2 aromatic carbocycles. The quantitative estimate of drug-likeness (QED) is 0.619. The minimum Gasteiger partial charge on any atom is -0.398 e. The van der Waals surface area contributed by atoms with Gasteiger partial charge in [0.05, 0.1) is 10.5 Å². The van der Waals surface area contributed by atoms with Gasteiger partial charge in [0.15, 0.2) is 0 Å². The number of fused-ring (bicyclic) bond motifs is 1. The predicted molar refractivity (Wildman–Crippen MR) is 89.4 cm³/mol. The molecule has 2 nitrogen and oxygen atoms in total. The zero-order valence-corrected chi connectivity index (χ0v) is 13.5. The van der Waals surface area contributed by atoms with Crippen LogP contribution in [0.1, 0.15) is 0 Å². The maximum Gasteiger partial charge on any atom is 0.0862 e. The molecule has 100 valence electrons. The van der Waals surface area contributed by atoms with Crippen molar-refractivity contribution in [2.24, 2.45) is 0 Å². The fourth-order valence-corrected chi connectivity index (χ4v) is 3.45. The van der Waals surface area contributed by atoms with E-state index in [9.17, 15) is 0 Å². The van der Waals surface area contributed by atoms with Crippen molar-refractivity contribution in [1.29, 1.82) is 0 Å². The second-order valence-corrected chi connectivity index (χ2v) is 6.64. The summed E-state index contributed by atoms with van der Waals surface area (Å²) < 4.78 is 0.914. The van der Waals surface area contributed by atoms with Gasteiger partial charge in [-0.05, 0) is 46.3 Å². The van der Waals surface area contributed by atoms with Crippen molar-refractivity contribution in [1.82, 2.24) is 4.98 Å². The van der Waals surface area contributed by atoms with Gasteiger partial charge in [0.25, 0.3) is 0 Å². The molecule has 5 heteroatoms. The van der Waals surface area contributed by atoms with Gasteiger partial charge in [-0.3, -0.25) is 4.98 Å². The number of halogens is 2. The topological polar surface area (TPSA) is 38.9 Å². The maximum atomic E-state index is 6.21. The van der Waals surface area contributed by atoms with Gasteiger partial charge < -0.3 is 5.73 Å². The first kappa shape index (κ1) is 13.7. The Morgan fingerprint density at radius 1 is 1.10 bits per heavy atom. The number of hydrogen-bond donors (Lipinski definition) is 1. The minimum atomic E-state index is 0.720. The first-order valence-electron chi connectivity index (χ1n) is 5.91. The molecule has 3 aromatic rings. The average Bonchev–Trinajstić information content (AvgIpc) is 2.44. The lowest BCUT2D eigenvalue weighted by Gasteiger charge is -2.09. The Morgan fingerprint density at radius 2 is 1.90 bits per heavy atom. The summed E-state index contributed by atoms with van der Waals surface area (Å²) in [5, 5.41) is 1.68. The maximum absolute atomic E-state index is 6.21. The van der Waals surface area contributed by atoms with E-state index in [1.54, 1.807) is 18.0 Å². The molecule has 1 aromatic heterocycles. The van der Waals surface area contributed by atoms with Crippen LogP contribution in [-0.4, -0.2) is 4.98 Å². The number of rotatable bonds is 2. The number of nitrogens with two attached hydrogens (primary N) is 1. The van der Waals surface area contributed by atoms with Crippen molar-refractivity contribution in [2.75, 3.05) is 5.73 Å². The third-order valence-electron chi connectivity index (χ3n) is 2.87. The van der Waals surface area contributed by atoms with Gasteiger partial charge in [-0.2, -0.15) is 0 Å². The third kappa shape index (κ3) is 2.64. The lowest BCUT2D eigenvalue weighted by molar-refractivity contribution is 1.33. The molecule has 0 aliphatic rings. The molecule has 2 N–H and O–H groups in total. The highest BCUT2D eigenvalue weighted by molar-refractivity contribution is 9.10. The number of nitrogen functional groups attached to an aromatic ring is 1. The summed E-state index contributed by atoms with van der Waals surface area (Å²) in [5.74, 6) is 0. The summed E-state index contributed by atoms with van der Waals surface area (Å²) in [6.45, 7) is 0. The molecule has 0 aliphatic carbocycles. The van der Waals surface area contributed by atoms with Crippen molar-refractivity contribution in [2.45, 2.75) is 9.79 Å². The predicted octanol–water partition coefficient (Wildman–Crippen LogP) is 5.38. The van der Waals surface area contributed by atoms with Crippen LogP contribution >= 0.6 is 39.3 Å². The number of aromatic nitrogens is 1. The molecule has 20 heavy (non-hydrogen) atoms. The largest absolute Gasteiger partial charge is 0.398 e. The van der Waals surface area contributed by atoms with Crippen LogP contribution in [0.25, 0.3) is 10.9 Å². The molecular formula is C15H10BrClN2S. The normalized spacial score (nSPS) is 10.9. The summed E-state index contributed by atoms with van der Waals surface area (Å²) in [7, 11) is 0. The molecule has 3 rings (SSSR count). The summed E-state index contributed by atoms with van der Waals surface area (Å²) in [5.41, 5.74) is 7.63. The van der Waals surface area contributed by atoms with Crippen LogP contribution in [-0.2, 0) is 0 Å². The van der Waals surface area contributed by atoms with Gasteiger partial charge >= 0.3 is 0 Å². The Morgan fingerprint density at radius 3 is 2.70 bits per heavy atom. The van der Waals surface area contributed by atoms with Crippen molar-refractivity contribution in [3.8, 4) is 0 Å². The van der Waals surface area contributed by atoms with Gasteiger partial charge in [0.2, 0.25) is 0 Å². The third-order valence-corrected chi connectivity index (χ3v) is 4.87. The number of anilines is 1. The molecule has 0 unspecified atom stereocenters. The highest BCUT2D eigenvalue weighted by atomic mass is 79.9. The smallest absolute Gasteiger partial charge is 0.0862 e. The van der Waals surface area contributed by atoms with E-state index in [1.165, 1.54) is 0 Å². The van der Waals surface area contributed by atoms with Crippen molar-refractivity contribution in [3.05, 3.63) is 58.2 Å². The molecule has 0 amide bonds. The van der Waals surface area contributed by atoms with Gasteiger partial charge in [0, 0.05) is 31.5 Å². The Balaban J connectivity index is 2.13. The number of pyridine rings is 1. The lowest BCUT2D eigenvalue weighted by Crippen LogP contribution is -1.90. The van der Waals surface area contributed by atoms with Gasteiger partial charge in [0.1, 0.15) is 0 Å². The van der Waals surface area contributed by atoms with E-state index in [4.69, 9.17) is 17.3 Å². The SMILES string of the molecule is Nc1ccc(Sc2ccccc2Cl)c2ncc(Br)cc12. The van der Waals surface area contributed by atoms with Crippen LogP contribution < -0.4 is 5.73 Å². The molecule has 0 saturated carbocycles. The Kier molecular flexibility index (Phi) is 3.87. The summed E-state index contributed by atoms with van der Waals surface area (Å²) >= 11 is 11.2. The summed E-state index contributed by atoms with van der Waals surface area (Å²) in [4.78, 5) is 6.52. The van der Waals surface area contributed by atoms with Crippen LogP contribution in [0.4, 0.5) is 5.69 Å². The van der Waals surface area contributed by atoms with Gasteiger partial charge in [-0.1, -0.05) is 35.5 Å². The zero-order chi connectivity index (χ0) is 14.1. The number of nitrogens with zero attached hydrogens (tertiary/aromatic N) is 1. The van der Waals surface area contributed by atoms with E-state index in [2.05, 4.69) is 20.9 Å². The van der Waals surface area contributed by atoms with E-state index in [-0.39, 0.29) is 0 Å². The van der Waals surface area contributed by atoms with Gasteiger partial charge in [-0.25, -0.2) is 0 Å². The molecule has 0 saturated heterocycles. The Hall–Kier alpha value is -1.23. The fraction of sp³-hybridized carbons (Fsp3) is 0. The molecule has 0 fully saturated rings. The molecule has 0 atom stereocenters. The molecule has 1 heterocycles. The average molecular weight is 366 g/mol. The standard InChI is InChI=1S/C15H10BrClN2S/c16-9-7-10-12(18)5-6-14(15(10)19-8-9)20-13-4-2-1-3-11(13)17/h1-8H,18H2. The fourth-order valence-electron chi connectivity index (χ4n) is 1.92. The Labute approximate surface area is 134 Å². The van der Waals surface area contributed by atoms with Crippen molar-refractivity contribution >= 4 is 55.9 Å². The number of benzene rings is 2. The van der Waals surface area contributed by atoms with E-state index in [0.29, 0.717) is 0 Å². The Bertz CT molecular complexity index is 792. The van der Waals surface area contributed by atoms with Crippen molar-refractivity contribution < 1.29 is 0 Å². The minimum absolute atomic E-state index is 0.720.